The molecule has 0 amide bonds. The molecule has 3 N–H and O–H groups in total. The smallest absolute Gasteiger partial charge is 0.273 e. The Hall–Kier alpha value is -1.82. The molecule has 0 saturated heterocycles. The van der Waals surface area contributed by atoms with Crippen LogP contribution in [0.15, 0.2) is 18.2 Å². The number of nitrogens with one attached hydrogen (secondary N) is 2. The quantitative estimate of drug-likeness (QED) is 0.503. The molecule has 6 nitrogen and oxygen atoms in total. The Kier molecular flexibility index (Phi) is 6.24. The lowest BCUT2D eigenvalue weighted by molar-refractivity contribution is -0.384. The summed E-state index contributed by atoms with van der Waals surface area (Å²) in [4.78, 5) is 10.6. The third kappa shape index (κ3) is 5.44. The Morgan fingerprint density at radius 2 is 1.95 bits per heavy atom. The van der Waals surface area contributed by atoms with Crippen molar-refractivity contribution in [3.63, 3.8) is 0 Å². The van der Waals surface area contributed by atoms with Crippen molar-refractivity contribution in [2.45, 2.75) is 45.8 Å². The van der Waals surface area contributed by atoms with Crippen LogP contribution in [0.2, 0.25) is 0 Å². The first-order valence-corrected chi connectivity index (χ1v) is 6.90. The van der Waals surface area contributed by atoms with Crippen molar-refractivity contribution in [2.24, 2.45) is 0 Å². The number of nitro groups is 1. The molecular weight excluding hydrogens is 258 g/mol. The molecule has 0 spiro atoms. The normalized spacial score (nSPS) is 13.6. The number of anilines is 2. The molecule has 0 aliphatic carbocycles. The first-order chi connectivity index (χ1) is 9.42. The van der Waals surface area contributed by atoms with Gasteiger partial charge >= 0.3 is 0 Å². The van der Waals surface area contributed by atoms with Crippen LogP contribution in [0.25, 0.3) is 0 Å². The first-order valence-electron chi connectivity index (χ1n) is 6.90. The molecule has 2 unspecified atom stereocenters. The Bertz CT molecular complexity index is 449. The van der Waals surface area contributed by atoms with E-state index in [1.807, 2.05) is 19.9 Å². The Morgan fingerprint density at radius 1 is 1.30 bits per heavy atom. The van der Waals surface area contributed by atoms with Crippen LogP contribution < -0.4 is 10.6 Å². The maximum atomic E-state index is 11.0. The number of rotatable bonds is 8. The fourth-order valence-electron chi connectivity index (χ4n) is 2.03. The van der Waals surface area contributed by atoms with Crippen LogP contribution in [0.4, 0.5) is 17.1 Å². The van der Waals surface area contributed by atoms with E-state index in [-0.39, 0.29) is 11.7 Å². The zero-order valence-corrected chi connectivity index (χ0v) is 12.2. The van der Waals surface area contributed by atoms with Crippen LogP contribution in [0.5, 0.6) is 0 Å². The molecule has 0 aromatic heterocycles. The summed E-state index contributed by atoms with van der Waals surface area (Å²) in [6, 6.07) is 4.92. The first kappa shape index (κ1) is 16.2. The summed E-state index contributed by atoms with van der Waals surface area (Å²) >= 11 is 0. The Morgan fingerprint density at radius 3 is 2.50 bits per heavy atom. The predicted molar refractivity (Wildman–Crippen MR) is 81.3 cm³/mol. The van der Waals surface area contributed by atoms with Crippen LogP contribution in [-0.4, -0.2) is 28.7 Å². The zero-order valence-electron chi connectivity index (χ0n) is 12.2. The van der Waals surface area contributed by atoms with Gasteiger partial charge in [-0.1, -0.05) is 6.92 Å². The zero-order chi connectivity index (χ0) is 15.1. The van der Waals surface area contributed by atoms with Crippen molar-refractivity contribution in [3.8, 4) is 0 Å². The average Bonchev–Trinajstić information content (AvgIpc) is 2.34. The van der Waals surface area contributed by atoms with Gasteiger partial charge in [-0.2, -0.15) is 0 Å². The molecule has 1 aromatic carbocycles. The third-order valence-electron chi connectivity index (χ3n) is 2.82. The van der Waals surface area contributed by atoms with Gasteiger partial charge in [0.25, 0.3) is 5.69 Å². The van der Waals surface area contributed by atoms with Crippen molar-refractivity contribution >= 4 is 17.1 Å². The van der Waals surface area contributed by atoms with Crippen LogP contribution >= 0.6 is 0 Å². The highest BCUT2D eigenvalue weighted by Crippen LogP contribution is 2.25. The SMILES string of the molecule is CCCNc1cc(NC(C)CC(C)O)cc([N+](=O)[O-])c1. The second-order valence-corrected chi connectivity index (χ2v) is 5.08. The molecule has 0 bridgehead atoms. The van der Waals surface area contributed by atoms with E-state index in [0.29, 0.717) is 12.1 Å². The monoisotopic (exact) mass is 281 g/mol. The molecule has 0 heterocycles. The van der Waals surface area contributed by atoms with Gasteiger partial charge in [-0.25, -0.2) is 0 Å². The second kappa shape index (κ2) is 7.69. The van der Waals surface area contributed by atoms with Crippen LogP contribution in [0.3, 0.4) is 0 Å². The fourth-order valence-corrected chi connectivity index (χ4v) is 2.03. The molecule has 0 radical (unpaired) electrons. The number of nitrogens with zero attached hydrogens (tertiary/aromatic N) is 1. The van der Waals surface area contributed by atoms with Crippen molar-refractivity contribution in [1.29, 1.82) is 0 Å². The van der Waals surface area contributed by atoms with Crippen molar-refractivity contribution in [2.75, 3.05) is 17.2 Å². The maximum absolute atomic E-state index is 11.0. The standard InChI is InChI=1S/C14H23N3O3/c1-4-5-15-12-7-13(9-14(8-12)17(19)20)16-10(2)6-11(3)18/h7-11,15-16,18H,4-6H2,1-3H3. The molecule has 2 atom stereocenters. The van der Waals surface area contributed by atoms with Gasteiger partial charge in [0, 0.05) is 36.1 Å². The van der Waals surface area contributed by atoms with E-state index in [1.165, 1.54) is 12.1 Å². The summed E-state index contributed by atoms with van der Waals surface area (Å²) in [5.41, 5.74) is 1.47. The van der Waals surface area contributed by atoms with Gasteiger partial charge in [0.1, 0.15) is 0 Å². The van der Waals surface area contributed by atoms with Crippen molar-refractivity contribution in [3.05, 3.63) is 28.3 Å². The minimum Gasteiger partial charge on any atom is -0.393 e. The summed E-state index contributed by atoms with van der Waals surface area (Å²) in [6.45, 7) is 6.46. The van der Waals surface area contributed by atoms with Crippen LogP contribution in [-0.2, 0) is 0 Å². The number of nitro benzene ring substituents is 1. The highest BCUT2D eigenvalue weighted by atomic mass is 16.6. The molecule has 1 rings (SSSR count). The molecule has 20 heavy (non-hydrogen) atoms. The summed E-state index contributed by atoms with van der Waals surface area (Å²) in [5.74, 6) is 0. The van der Waals surface area contributed by atoms with Crippen molar-refractivity contribution in [1.82, 2.24) is 0 Å². The lowest BCUT2D eigenvalue weighted by Crippen LogP contribution is -2.20. The van der Waals surface area contributed by atoms with Crippen molar-refractivity contribution < 1.29 is 10.0 Å². The molecule has 0 saturated carbocycles. The molecule has 0 aliphatic heterocycles. The minimum absolute atomic E-state index is 0.0380. The van der Waals surface area contributed by atoms with Gasteiger partial charge in [0.15, 0.2) is 0 Å². The minimum atomic E-state index is -0.408. The van der Waals surface area contributed by atoms with E-state index >= 15 is 0 Å². The third-order valence-corrected chi connectivity index (χ3v) is 2.82. The van der Waals surface area contributed by atoms with E-state index in [1.54, 1.807) is 6.92 Å². The summed E-state index contributed by atoms with van der Waals surface area (Å²) < 4.78 is 0. The van der Waals surface area contributed by atoms with E-state index in [2.05, 4.69) is 10.6 Å². The van der Waals surface area contributed by atoms with E-state index in [9.17, 15) is 15.2 Å². The largest absolute Gasteiger partial charge is 0.393 e. The number of hydrogen-bond donors (Lipinski definition) is 3. The molecule has 0 fully saturated rings. The topological polar surface area (TPSA) is 87.4 Å². The van der Waals surface area contributed by atoms with Gasteiger partial charge in [-0.3, -0.25) is 10.1 Å². The predicted octanol–water partition coefficient (Wildman–Crippen LogP) is 2.99. The van der Waals surface area contributed by atoms with Gasteiger partial charge in [-0.05, 0) is 32.8 Å². The Labute approximate surface area is 119 Å². The molecule has 0 aliphatic rings. The lowest BCUT2D eigenvalue weighted by Gasteiger charge is -2.17. The number of benzene rings is 1. The highest BCUT2D eigenvalue weighted by molar-refractivity contribution is 5.63. The summed E-state index contributed by atoms with van der Waals surface area (Å²) in [6.07, 6.45) is 1.12. The second-order valence-electron chi connectivity index (χ2n) is 5.08. The van der Waals surface area contributed by atoms with Gasteiger partial charge in [-0.15, -0.1) is 0 Å². The number of hydrogen-bond acceptors (Lipinski definition) is 5. The summed E-state index contributed by atoms with van der Waals surface area (Å²) in [5, 5.41) is 26.6. The number of aliphatic hydroxyl groups is 1. The number of non-ortho nitro benzene ring substituents is 1. The molecule has 6 heteroatoms. The number of aliphatic hydroxyl groups excluding tert-OH is 1. The van der Waals surface area contributed by atoms with Gasteiger partial charge in [0.2, 0.25) is 0 Å². The highest BCUT2D eigenvalue weighted by Gasteiger charge is 2.12. The Balaban J connectivity index is 2.87. The average molecular weight is 281 g/mol. The lowest BCUT2D eigenvalue weighted by atomic mass is 10.1. The summed E-state index contributed by atoms with van der Waals surface area (Å²) in [7, 11) is 0. The fraction of sp³-hybridized carbons (Fsp3) is 0.571. The molecule has 112 valence electrons. The van der Waals surface area contributed by atoms with Crippen LogP contribution in [0, 0.1) is 10.1 Å². The molecular formula is C14H23N3O3. The van der Waals surface area contributed by atoms with Gasteiger partial charge < -0.3 is 15.7 Å². The van der Waals surface area contributed by atoms with Gasteiger partial charge in [0.05, 0.1) is 11.0 Å². The van der Waals surface area contributed by atoms with Crippen LogP contribution in [0.1, 0.15) is 33.6 Å². The van der Waals surface area contributed by atoms with E-state index in [0.717, 1.165) is 18.7 Å². The van der Waals surface area contributed by atoms with E-state index in [4.69, 9.17) is 0 Å². The molecule has 1 aromatic rings. The van der Waals surface area contributed by atoms with E-state index < -0.39 is 11.0 Å². The maximum Gasteiger partial charge on any atom is 0.273 e.